The molecule has 1 atom stereocenters. The molecule has 0 radical (unpaired) electrons. The summed E-state index contributed by atoms with van der Waals surface area (Å²) in [5, 5.41) is 0.776. The SMILES string of the molecule is O=C(C1CCCC1)N1CCO[C@H](c2ccc(Cc3ccccc3Cl)cn2)C1. The maximum atomic E-state index is 12.7. The third-order valence-electron chi connectivity index (χ3n) is 5.61. The summed E-state index contributed by atoms with van der Waals surface area (Å²) in [6, 6.07) is 12.0. The van der Waals surface area contributed by atoms with Gasteiger partial charge in [0.2, 0.25) is 5.91 Å². The van der Waals surface area contributed by atoms with E-state index in [1.165, 1.54) is 12.8 Å². The maximum Gasteiger partial charge on any atom is 0.225 e. The number of hydrogen-bond acceptors (Lipinski definition) is 3. The van der Waals surface area contributed by atoms with Crippen LogP contribution in [0.25, 0.3) is 0 Å². The summed E-state index contributed by atoms with van der Waals surface area (Å²) in [6.45, 7) is 1.87. The number of halogens is 1. The van der Waals surface area contributed by atoms with Crippen LogP contribution in [0.5, 0.6) is 0 Å². The lowest BCUT2D eigenvalue weighted by atomic mass is 10.0. The number of ether oxygens (including phenoxy) is 1. The number of rotatable bonds is 4. The van der Waals surface area contributed by atoms with E-state index in [4.69, 9.17) is 16.3 Å². The van der Waals surface area contributed by atoms with Gasteiger partial charge in [0.25, 0.3) is 0 Å². The van der Waals surface area contributed by atoms with Gasteiger partial charge in [-0.05, 0) is 36.1 Å². The number of morpholine rings is 1. The molecule has 4 rings (SSSR count). The van der Waals surface area contributed by atoms with E-state index in [1.807, 2.05) is 41.4 Å². The monoisotopic (exact) mass is 384 g/mol. The predicted octanol–water partition coefficient (Wildman–Crippen LogP) is 4.42. The molecule has 2 aliphatic rings. The molecule has 1 aliphatic carbocycles. The topological polar surface area (TPSA) is 42.4 Å². The molecule has 1 saturated heterocycles. The molecule has 4 nitrogen and oxygen atoms in total. The minimum atomic E-state index is -0.140. The summed E-state index contributed by atoms with van der Waals surface area (Å²) >= 11 is 6.25. The second-order valence-electron chi connectivity index (χ2n) is 7.48. The highest BCUT2D eigenvalue weighted by Crippen LogP contribution is 2.29. The molecule has 2 aromatic rings. The molecule has 2 heterocycles. The molecular weight excluding hydrogens is 360 g/mol. The normalized spacial score (nSPS) is 20.8. The Morgan fingerprint density at radius 1 is 1.19 bits per heavy atom. The Kier molecular flexibility index (Phi) is 5.74. The number of hydrogen-bond donors (Lipinski definition) is 0. The zero-order chi connectivity index (χ0) is 18.6. The second kappa shape index (κ2) is 8.41. The standard InChI is InChI=1S/C22H25ClN2O2/c23-19-8-4-3-7-18(19)13-16-9-10-20(24-14-16)21-15-25(11-12-27-21)22(26)17-5-1-2-6-17/h3-4,7-10,14,17,21H,1-2,5-6,11-13,15H2/t21-/m0/s1. The Labute approximate surface area is 165 Å². The summed E-state index contributed by atoms with van der Waals surface area (Å²) in [5.74, 6) is 0.519. The van der Waals surface area contributed by atoms with E-state index in [9.17, 15) is 4.79 Å². The van der Waals surface area contributed by atoms with Gasteiger partial charge < -0.3 is 9.64 Å². The maximum absolute atomic E-state index is 12.7. The molecule has 0 unspecified atom stereocenters. The van der Waals surface area contributed by atoms with E-state index in [1.54, 1.807) is 0 Å². The Hall–Kier alpha value is -1.91. The molecule has 1 aromatic carbocycles. The first-order valence-electron chi connectivity index (χ1n) is 9.79. The fourth-order valence-corrected chi connectivity index (χ4v) is 4.25. The highest BCUT2D eigenvalue weighted by Gasteiger charge is 2.31. The summed E-state index contributed by atoms with van der Waals surface area (Å²) in [5.41, 5.74) is 3.10. The first kappa shape index (κ1) is 18.5. The number of aromatic nitrogens is 1. The molecule has 27 heavy (non-hydrogen) atoms. The van der Waals surface area contributed by atoms with Gasteiger partial charge in [0.05, 0.1) is 18.8 Å². The summed E-state index contributed by atoms with van der Waals surface area (Å²) in [7, 11) is 0. The van der Waals surface area contributed by atoms with Crippen LogP contribution in [0.1, 0.15) is 48.6 Å². The van der Waals surface area contributed by atoms with E-state index in [0.29, 0.717) is 25.6 Å². The fraction of sp³-hybridized carbons (Fsp3) is 0.455. The van der Waals surface area contributed by atoms with Gasteiger partial charge in [-0.3, -0.25) is 9.78 Å². The molecule has 1 saturated carbocycles. The second-order valence-corrected chi connectivity index (χ2v) is 7.89. The van der Waals surface area contributed by atoms with Gasteiger partial charge in [0.1, 0.15) is 6.10 Å². The quantitative estimate of drug-likeness (QED) is 0.783. The number of nitrogens with zero attached hydrogens (tertiary/aromatic N) is 2. The van der Waals surface area contributed by atoms with Crippen LogP contribution in [0.15, 0.2) is 42.6 Å². The third kappa shape index (κ3) is 4.33. The fourth-order valence-electron chi connectivity index (χ4n) is 4.05. The minimum absolute atomic E-state index is 0.140. The van der Waals surface area contributed by atoms with Crippen LogP contribution in [0.3, 0.4) is 0 Å². The van der Waals surface area contributed by atoms with Crippen LogP contribution in [-0.2, 0) is 16.0 Å². The van der Waals surface area contributed by atoms with Crippen molar-refractivity contribution in [3.63, 3.8) is 0 Å². The number of carbonyl (C=O) groups excluding carboxylic acids is 1. The van der Waals surface area contributed by atoms with Crippen LogP contribution in [0.2, 0.25) is 5.02 Å². The van der Waals surface area contributed by atoms with Crippen molar-refractivity contribution >= 4 is 17.5 Å². The zero-order valence-corrected chi connectivity index (χ0v) is 16.2. The summed E-state index contributed by atoms with van der Waals surface area (Å²) in [6.07, 6.45) is 6.94. The Balaban J connectivity index is 1.40. The van der Waals surface area contributed by atoms with Gasteiger partial charge in [0, 0.05) is 30.1 Å². The van der Waals surface area contributed by atoms with E-state index in [2.05, 4.69) is 11.1 Å². The lowest BCUT2D eigenvalue weighted by molar-refractivity contribution is -0.143. The van der Waals surface area contributed by atoms with E-state index in [0.717, 1.165) is 41.1 Å². The predicted molar refractivity (Wildman–Crippen MR) is 106 cm³/mol. The van der Waals surface area contributed by atoms with Crippen LogP contribution in [0.4, 0.5) is 0 Å². The van der Waals surface area contributed by atoms with Gasteiger partial charge in [-0.2, -0.15) is 0 Å². The van der Waals surface area contributed by atoms with Gasteiger partial charge in [-0.15, -0.1) is 0 Å². The first-order chi connectivity index (χ1) is 13.2. The molecule has 1 amide bonds. The van der Waals surface area contributed by atoms with Crippen LogP contribution in [0, 0.1) is 5.92 Å². The average Bonchev–Trinajstić information content (AvgIpc) is 3.25. The van der Waals surface area contributed by atoms with Crippen molar-refractivity contribution in [2.45, 2.75) is 38.2 Å². The summed E-state index contributed by atoms with van der Waals surface area (Å²) < 4.78 is 5.91. The molecule has 5 heteroatoms. The Morgan fingerprint density at radius 3 is 2.74 bits per heavy atom. The van der Waals surface area contributed by atoms with Gasteiger partial charge in [-0.1, -0.05) is 48.7 Å². The molecule has 0 N–H and O–H groups in total. The molecule has 0 bridgehead atoms. The molecule has 1 aromatic heterocycles. The van der Waals surface area contributed by atoms with Crippen molar-refractivity contribution in [1.29, 1.82) is 0 Å². The van der Waals surface area contributed by atoms with E-state index < -0.39 is 0 Å². The third-order valence-corrected chi connectivity index (χ3v) is 5.98. The van der Waals surface area contributed by atoms with Crippen LogP contribution >= 0.6 is 11.6 Å². The average molecular weight is 385 g/mol. The molecule has 0 spiro atoms. The van der Waals surface area contributed by atoms with E-state index in [-0.39, 0.29) is 12.0 Å². The van der Waals surface area contributed by atoms with Crippen molar-refractivity contribution < 1.29 is 9.53 Å². The molecular formula is C22H25ClN2O2. The summed E-state index contributed by atoms with van der Waals surface area (Å²) in [4.78, 5) is 19.3. The highest BCUT2D eigenvalue weighted by atomic mass is 35.5. The number of pyridine rings is 1. The van der Waals surface area contributed by atoms with Crippen molar-refractivity contribution in [3.8, 4) is 0 Å². The molecule has 142 valence electrons. The lowest BCUT2D eigenvalue weighted by Crippen LogP contribution is -2.44. The Bertz CT molecular complexity index is 787. The number of carbonyl (C=O) groups is 1. The smallest absolute Gasteiger partial charge is 0.225 e. The zero-order valence-electron chi connectivity index (χ0n) is 15.4. The lowest BCUT2D eigenvalue weighted by Gasteiger charge is -2.34. The van der Waals surface area contributed by atoms with Crippen molar-refractivity contribution in [2.24, 2.45) is 5.92 Å². The first-order valence-corrected chi connectivity index (χ1v) is 10.2. The van der Waals surface area contributed by atoms with Crippen LogP contribution in [-0.4, -0.2) is 35.5 Å². The minimum Gasteiger partial charge on any atom is -0.368 e. The Morgan fingerprint density at radius 2 is 2.00 bits per heavy atom. The van der Waals surface area contributed by atoms with Gasteiger partial charge in [0.15, 0.2) is 0 Å². The van der Waals surface area contributed by atoms with Crippen molar-refractivity contribution in [1.82, 2.24) is 9.88 Å². The van der Waals surface area contributed by atoms with Crippen molar-refractivity contribution in [3.05, 3.63) is 64.4 Å². The van der Waals surface area contributed by atoms with Crippen molar-refractivity contribution in [2.75, 3.05) is 19.7 Å². The van der Waals surface area contributed by atoms with E-state index >= 15 is 0 Å². The molecule has 1 aliphatic heterocycles. The molecule has 2 fully saturated rings. The number of benzene rings is 1. The largest absolute Gasteiger partial charge is 0.368 e. The highest BCUT2D eigenvalue weighted by molar-refractivity contribution is 6.31. The van der Waals surface area contributed by atoms with Crippen LogP contribution < -0.4 is 0 Å². The number of amides is 1. The van der Waals surface area contributed by atoms with Gasteiger partial charge >= 0.3 is 0 Å². The van der Waals surface area contributed by atoms with Gasteiger partial charge in [-0.25, -0.2) is 0 Å².